The summed E-state index contributed by atoms with van der Waals surface area (Å²) in [5.41, 5.74) is -0.681. The van der Waals surface area contributed by atoms with E-state index in [0.29, 0.717) is 32.0 Å². The highest BCUT2D eigenvalue weighted by atomic mass is 35.5. The van der Waals surface area contributed by atoms with E-state index in [4.69, 9.17) is 16.3 Å². The van der Waals surface area contributed by atoms with Gasteiger partial charge < -0.3 is 15.0 Å². The molecule has 1 aliphatic heterocycles. The molecule has 2 aromatic rings. The van der Waals surface area contributed by atoms with Gasteiger partial charge in [0.15, 0.2) is 6.61 Å². The molecule has 0 bridgehead atoms. The number of carbonyl (C=O) groups excluding carboxylic acids is 3. The zero-order valence-electron chi connectivity index (χ0n) is 18.0. The molecule has 6 nitrogen and oxygen atoms in total. The Morgan fingerprint density at radius 2 is 1.76 bits per heavy atom. The summed E-state index contributed by atoms with van der Waals surface area (Å²) in [6, 6.07) is 12.3. The topological polar surface area (TPSA) is 75.7 Å². The Bertz CT molecular complexity index is 1070. The van der Waals surface area contributed by atoms with Crippen LogP contribution in [0.3, 0.4) is 0 Å². The van der Waals surface area contributed by atoms with E-state index in [-0.39, 0.29) is 10.9 Å². The third-order valence-corrected chi connectivity index (χ3v) is 5.50. The van der Waals surface area contributed by atoms with Crippen molar-refractivity contribution in [2.45, 2.75) is 19.0 Å². The summed E-state index contributed by atoms with van der Waals surface area (Å²) < 4.78 is 44.4. The van der Waals surface area contributed by atoms with Crippen molar-refractivity contribution in [3.05, 3.63) is 70.8 Å². The summed E-state index contributed by atoms with van der Waals surface area (Å²) in [6.07, 6.45) is -0.802. The van der Waals surface area contributed by atoms with Crippen LogP contribution in [-0.4, -0.2) is 42.4 Å². The van der Waals surface area contributed by atoms with Crippen LogP contribution < -0.4 is 5.32 Å². The number of likely N-dealkylation sites (tertiary alicyclic amines) is 1. The van der Waals surface area contributed by atoms with E-state index in [1.165, 1.54) is 12.1 Å². The van der Waals surface area contributed by atoms with Crippen LogP contribution in [0, 0.1) is 5.92 Å². The number of amides is 2. The lowest BCUT2D eigenvalue weighted by Gasteiger charge is -2.30. The van der Waals surface area contributed by atoms with Gasteiger partial charge in [-0.3, -0.25) is 14.4 Å². The summed E-state index contributed by atoms with van der Waals surface area (Å²) >= 11 is 5.61. The van der Waals surface area contributed by atoms with E-state index in [9.17, 15) is 27.6 Å². The smallest absolute Gasteiger partial charge is 0.418 e. The first-order valence-electron chi connectivity index (χ1n) is 10.5. The second-order valence-corrected chi connectivity index (χ2v) is 8.12. The van der Waals surface area contributed by atoms with Crippen LogP contribution >= 0.6 is 11.6 Å². The predicted molar refractivity (Wildman–Crippen MR) is 121 cm³/mol. The molecule has 0 saturated carbocycles. The molecule has 1 aliphatic rings. The largest absolute Gasteiger partial charge is 0.455 e. The van der Waals surface area contributed by atoms with Gasteiger partial charge in [0.2, 0.25) is 5.91 Å². The van der Waals surface area contributed by atoms with Gasteiger partial charge in [-0.15, -0.1) is 0 Å². The molecule has 0 aromatic heterocycles. The maximum Gasteiger partial charge on any atom is 0.418 e. The summed E-state index contributed by atoms with van der Waals surface area (Å²) in [7, 11) is 0. The molecule has 0 atom stereocenters. The van der Waals surface area contributed by atoms with Crippen LogP contribution in [-0.2, 0) is 25.3 Å². The van der Waals surface area contributed by atoms with E-state index >= 15 is 0 Å². The Labute approximate surface area is 199 Å². The van der Waals surface area contributed by atoms with Crippen molar-refractivity contribution < 1.29 is 32.3 Å². The number of halogens is 4. The molecule has 1 fully saturated rings. The molecule has 2 aromatic carbocycles. The Balaban J connectivity index is 1.45. The highest BCUT2D eigenvalue weighted by molar-refractivity contribution is 6.30. The first-order valence-corrected chi connectivity index (χ1v) is 10.9. The van der Waals surface area contributed by atoms with Crippen molar-refractivity contribution in [2.75, 3.05) is 25.0 Å². The minimum absolute atomic E-state index is 0.128. The Kier molecular flexibility index (Phi) is 8.33. The van der Waals surface area contributed by atoms with E-state index in [0.717, 1.165) is 11.6 Å². The van der Waals surface area contributed by atoms with Gasteiger partial charge >= 0.3 is 12.1 Å². The van der Waals surface area contributed by atoms with Crippen molar-refractivity contribution in [2.24, 2.45) is 5.92 Å². The number of anilines is 1. The molecule has 0 unspecified atom stereocenters. The SMILES string of the molecule is O=C(COC(=O)C1CCN(C(=O)/C=C/c2ccccc2)CC1)Nc1ccc(Cl)cc1C(F)(F)F. The number of nitrogens with one attached hydrogen (secondary N) is 1. The molecule has 2 amide bonds. The molecule has 1 N–H and O–H groups in total. The lowest BCUT2D eigenvalue weighted by molar-refractivity contribution is -0.153. The number of piperidine rings is 1. The molecule has 1 heterocycles. The number of alkyl halides is 3. The fourth-order valence-corrected chi connectivity index (χ4v) is 3.65. The summed E-state index contributed by atoms with van der Waals surface area (Å²) in [5, 5.41) is 1.97. The normalized spacial score (nSPS) is 14.8. The van der Waals surface area contributed by atoms with Crippen LogP contribution in [0.1, 0.15) is 24.0 Å². The molecule has 180 valence electrons. The number of hydrogen-bond donors (Lipinski definition) is 1. The maximum atomic E-state index is 13.1. The first-order chi connectivity index (χ1) is 16.1. The number of esters is 1. The number of hydrogen-bond acceptors (Lipinski definition) is 4. The van der Waals surface area contributed by atoms with Crippen molar-refractivity contribution >= 4 is 41.1 Å². The van der Waals surface area contributed by atoms with Crippen molar-refractivity contribution in [3.8, 4) is 0 Å². The molecule has 0 radical (unpaired) electrons. The van der Waals surface area contributed by atoms with Crippen LogP contribution in [0.2, 0.25) is 5.02 Å². The standard InChI is InChI=1S/C24H22ClF3N2O4/c25-18-7-8-20(19(14-18)24(26,27)28)29-21(31)15-34-23(33)17-10-12-30(13-11-17)22(32)9-6-16-4-2-1-3-5-16/h1-9,14,17H,10-13,15H2,(H,29,31)/b9-6+. The number of benzene rings is 2. The Morgan fingerprint density at radius 1 is 1.09 bits per heavy atom. The number of ether oxygens (including phenoxy) is 1. The van der Waals surface area contributed by atoms with Gasteiger partial charge in [0.05, 0.1) is 17.2 Å². The van der Waals surface area contributed by atoms with Crippen LogP contribution in [0.15, 0.2) is 54.6 Å². The van der Waals surface area contributed by atoms with Gasteiger partial charge in [-0.05, 0) is 42.7 Å². The monoisotopic (exact) mass is 494 g/mol. The van der Waals surface area contributed by atoms with E-state index < -0.39 is 41.8 Å². The molecular formula is C24H22ClF3N2O4. The average molecular weight is 495 g/mol. The van der Waals surface area contributed by atoms with E-state index in [2.05, 4.69) is 5.32 Å². The highest BCUT2D eigenvalue weighted by Gasteiger charge is 2.34. The molecule has 3 rings (SSSR count). The maximum absolute atomic E-state index is 13.1. The van der Waals surface area contributed by atoms with Gasteiger partial charge in [-0.2, -0.15) is 13.2 Å². The van der Waals surface area contributed by atoms with Crippen LogP contribution in [0.5, 0.6) is 0 Å². The summed E-state index contributed by atoms with van der Waals surface area (Å²) in [6.45, 7) is -0.0228. The van der Waals surface area contributed by atoms with Gasteiger partial charge in [0, 0.05) is 24.2 Å². The second kappa shape index (κ2) is 11.2. The molecule has 34 heavy (non-hydrogen) atoms. The minimum Gasteiger partial charge on any atom is -0.455 e. The van der Waals surface area contributed by atoms with Crippen molar-refractivity contribution in [1.82, 2.24) is 4.90 Å². The third-order valence-electron chi connectivity index (χ3n) is 5.26. The van der Waals surface area contributed by atoms with Crippen molar-refractivity contribution in [1.29, 1.82) is 0 Å². The molecule has 0 aliphatic carbocycles. The number of carbonyl (C=O) groups is 3. The molecule has 1 saturated heterocycles. The first kappa shape index (κ1) is 25.3. The Morgan fingerprint density at radius 3 is 2.41 bits per heavy atom. The highest BCUT2D eigenvalue weighted by Crippen LogP contribution is 2.36. The second-order valence-electron chi connectivity index (χ2n) is 7.69. The van der Waals surface area contributed by atoms with Gasteiger partial charge in [-0.25, -0.2) is 0 Å². The predicted octanol–water partition coefficient (Wildman–Crippen LogP) is 4.79. The fraction of sp³-hybridized carbons (Fsp3) is 0.292. The number of nitrogens with zero attached hydrogens (tertiary/aromatic N) is 1. The molecule has 10 heteroatoms. The summed E-state index contributed by atoms with van der Waals surface area (Å²) in [4.78, 5) is 38.3. The quantitative estimate of drug-likeness (QED) is 0.462. The molecular weight excluding hydrogens is 473 g/mol. The lowest BCUT2D eigenvalue weighted by atomic mass is 9.97. The minimum atomic E-state index is -4.72. The summed E-state index contributed by atoms with van der Waals surface area (Å²) in [5.74, 6) is -2.20. The fourth-order valence-electron chi connectivity index (χ4n) is 3.47. The zero-order valence-corrected chi connectivity index (χ0v) is 18.7. The number of rotatable bonds is 6. The van der Waals surface area contributed by atoms with Crippen LogP contribution in [0.25, 0.3) is 6.08 Å². The lowest BCUT2D eigenvalue weighted by Crippen LogP contribution is -2.40. The zero-order chi connectivity index (χ0) is 24.7. The van der Waals surface area contributed by atoms with Gasteiger partial charge in [0.1, 0.15) is 0 Å². The molecule has 0 spiro atoms. The van der Waals surface area contributed by atoms with Crippen molar-refractivity contribution in [3.63, 3.8) is 0 Å². The third kappa shape index (κ3) is 7.08. The average Bonchev–Trinajstić information content (AvgIpc) is 2.82. The van der Waals surface area contributed by atoms with Gasteiger partial charge in [-0.1, -0.05) is 41.9 Å². The van der Waals surface area contributed by atoms with E-state index in [1.54, 1.807) is 11.0 Å². The van der Waals surface area contributed by atoms with Gasteiger partial charge in [0.25, 0.3) is 5.91 Å². The Hall–Kier alpha value is -3.33. The van der Waals surface area contributed by atoms with E-state index in [1.807, 2.05) is 30.3 Å². The van der Waals surface area contributed by atoms with Crippen LogP contribution in [0.4, 0.5) is 18.9 Å².